The van der Waals surface area contributed by atoms with Crippen LogP contribution in [-0.2, 0) is 16.1 Å². The van der Waals surface area contributed by atoms with E-state index in [1.54, 1.807) is 7.11 Å². The second-order valence-corrected chi connectivity index (χ2v) is 4.79. The third-order valence-electron chi connectivity index (χ3n) is 3.35. The van der Waals surface area contributed by atoms with Crippen LogP contribution < -0.4 is 10.1 Å². The average Bonchev–Trinajstić information content (AvgIpc) is 2.85. The van der Waals surface area contributed by atoms with E-state index in [9.17, 15) is 4.79 Å². The van der Waals surface area contributed by atoms with Crippen molar-refractivity contribution in [2.75, 3.05) is 13.7 Å². The number of nitrogens with one attached hydrogen (secondary N) is 1. The lowest BCUT2D eigenvalue weighted by Crippen LogP contribution is -2.45. The molecule has 0 bridgehead atoms. The molecular weight excluding hydrogens is 230 g/mol. The summed E-state index contributed by atoms with van der Waals surface area (Å²) in [7, 11) is 1.63. The summed E-state index contributed by atoms with van der Waals surface area (Å²) in [5.41, 5.74) is 0.456. The lowest BCUT2D eigenvalue weighted by atomic mass is 10.0. The van der Waals surface area contributed by atoms with Gasteiger partial charge in [0.1, 0.15) is 17.9 Å². The number of benzene rings is 1. The van der Waals surface area contributed by atoms with Gasteiger partial charge in [0.05, 0.1) is 7.11 Å². The van der Waals surface area contributed by atoms with Crippen LogP contribution in [0.1, 0.15) is 25.3 Å². The topological polar surface area (TPSA) is 47.6 Å². The van der Waals surface area contributed by atoms with E-state index in [0.717, 1.165) is 30.7 Å². The van der Waals surface area contributed by atoms with Crippen LogP contribution in [0.3, 0.4) is 0 Å². The molecule has 4 nitrogen and oxygen atoms in total. The van der Waals surface area contributed by atoms with Gasteiger partial charge in [-0.05, 0) is 44.0 Å². The molecule has 0 spiro atoms. The molecule has 0 amide bonds. The van der Waals surface area contributed by atoms with Crippen molar-refractivity contribution in [3.05, 3.63) is 29.8 Å². The molecule has 1 atom stereocenters. The van der Waals surface area contributed by atoms with Gasteiger partial charge in [0.15, 0.2) is 0 Å². The number of carbonyl (C=O) groups is 1. The van der Waals surface area contributed by atoms with Crippen molar-refractivity contribution >= 4 is 5.97 Å². The van der Waals surface area contributed by atoms with Crippen molar-refractivity contribution in [2.24, 2.45) is 0 Å². The van der Waals surface area contributed by atoms with Gasteiger partial charge in [-0.1, -0.05) is 12.1 Å². The lowest BCUT2D eigenvalue weighted by Gasteiger charge is -2.21. The Hall–Kier alpha value is -1.55. The van der Waals surface area contributed by atoms with E-state index in [1.807, 2.05) is 31.2 Å². The van der Waals surface area contributed by atoms with Crippen molar-refractivity contribution in [3.63, 3.8) is 0 Å². The van der Waals surface area contributed by atoms with Crippen LogP contribution in [-0.4, -0.2) is 25.2 Å². The van der Waals surface area contributed by atoms with Gasteiger partial charge in [0.2, 0.25) is 0 Å². The van der Waals surface area contributed by atoms with E-state index in [2.05, 4.69) is 5.32 Å². The Morgan fingerprint density at radius 2 is 2.11 bits per heavy atom. The highest BCUT2D eigenvalue weighted by atomic mass is 16.5. The van der Waals surface area contributed by atoms with E-state index in [4.69, 9.17) is 9.47 Å². The minimum Gasteiger partial charge on any atom is -0.497 e. The van der Waals surface area contributed by atoms with E-state index >= 15 is 0 Å². The van der Waals surface area contributed by atoms with Crippen molar-refractivity contribution in [2.45, 2.75) is 31.9 Å². The highest BCUT2D eigenvalue weighted by Gasteiger charge is 2.37. The van der Waals surface area contributed by atoms with Gasteiger partial charge in [0, 0.05) is 0 Å². The summed E-state index contributed by atoms with van der Waals surface area (Å²) in [5.74, 6) is 0.630. The molecular formula is C14H19NO3. The number of ether oxygens (including phenoxy) is 2. The van der Waals surface area contributed by atoms with Gasteiger partial charge < -0.3 is 14.8 Å². The Bertz CT molecular complexity index is 408. The Morgan fingerprint density at radius 1 is 1.39 bits per heavy atom. The summed E-state index contributed by atoms with van der Waals surface area (Å²) in [5, 5.41) is 3.19. The Morgan fingerprint density at radius 3 is 2.67 bits per heavy atom. The van der Waals surface area contributed by atoms with E-state index in [0.29, 0.717) is 6.61 Å². The summed E-state index contributed by atoms with van der Waals surface area (Å²) < 4.78 is 10.4. The molecule has 4 heteroatoms. The number of rotatable bonds is 4. The van der Waals surface area contributed by atoms with Gasteiger partial charge in [0.25, 0.3) is 0 Å². The first-order valence-corrected chi connectivity index (χ1v) is 6.19. The second-order valence-electron chi connectivity index (χ2n) is 4.79. The number of carbonyl (C=O) groups excluding carboxylic acids is 1. The second kappa shape index (κ2) is 5.40. The number of hydrogen-bond donors (Lipinski definition) is 1. The molecule has 1 fully saturated rings. The molecule has 1 saturated heterocycles. The van der Waals surface area contributed by atoms with Crippen molar-refractivity contribution in [1.82, 2.24) is 5.32 Å². The molecule has 1 aromatic rings. The van der Waals surface area contributed by atoms with Crippen LogP contribution in [0.15, 0.2) is 24.3 Å². The summed E-state index contributed by atoms with van der Waals surface area (Å²) in [6.07, 6.45) is 1.86. The van der Waals surface area contributed by atoms with Crippen LogP contribution in [0.5, 0.6) is 5.75 Å². The molecule has 1 aromatic carbocycles. The maximum Gasteiger partial charge on any atom is 0.326 e. The van der Waals surface area contributed by atoms with Crippen molar-refractivity contribution in [3.8, 4) is 5.75 Å². The lowest BCUT2D eigenvalue weighted by molar-refractivity contribution is -0.151. The van der Waals surface area contributed by atoms with E-state index < -0.39 is 5.54 Å². The third-order valence-corrected chi connectivity index (χ3v) is 3.35. The van der Waals surface area contributed by atoms with E-state index in [1.165, 1.54) is 0 Å². The largest absolute Gasteiger partial charge is 0.497 e. The number of esters is 1. The van der Waals surface area contributed by atoms with Crippen LogP contribution in [0.2, 0.25) is 0 Å². The Labute approximate surface area is 107 Å². The summed E-state index contributed by atoms with van der Waals surface area (Å²) in [6, 6.07) is 7.52. The smallest absolute Gasteiger partial charge is 0.326 e. The zero-order valence-corrected chi connectivity index (χ0v) is 10.9. The van der Waals surface area contributed by atoms with Gasteiger partial charge in [-0.3, -0.25) is 4.79 Å². The summed E-state index contributed by atoms with van der Waals surface area (Å²) in [6.45, 7) is 3.09. The van der Waals surface area contributed by atoms with Gasteiger partial charge in [-0.15, -0.1) is 0 Å². The normalized spacial score (nSPS) is 22.8. The average molecular weight is 249 g/mol. The van der Waals surface area contributed by atoms with Crippen LogP contribution in [0.4, 0.5) is 0 Å². The third kappa shape index (κ3) is 2.82. The van der Waals surface area contributed by atoms with Gasteiger partial charge >= 0.3 is 5.97 Å². The minimum absolute atomic E-state index is 0.171. The number of methoxy groups -OCH3 is 1. The fourth-order valence-corrected chi connectivity index (χ4v) is 2.10. The standard InChI is InChI=1S/C14H19NO3/c1-14(8-3-9-15-14)13(16)18-10-11-4-6-12(17-2)7-5-11/h4-7,15H,3,8-10H2,1-2H3. The molecule has 0 radical (unpaired) electrons. The molecule has 98 valence electrons. The monoisotopic (exact) mass is 249 g/mol. The van der Waals surface area contributed by atoms with E-state index in [-0.39, 0.29) is 5.97 Å². The van der Waals surface area contributed by atoms with Crippen LogP contribution >= 0.6 is 0 Å². The molecule has 1 aliphatic heterocycles. The van der Waals surface area contributed by atoms with Crippen molar-refractivity contribution < 1.29 is 14.3 Å². The molecule has 2 rings (SSSR count). The summed E-state index contributed by atoms with van der Waals surface area (Å²) >= 11 is 0. The predicted molar refractivity (Wildman–Crippen MR) is 68.4 cm³/mol. The van der Waals surface area contributed by atoms with Crippen LogP contribution in [0.25, 0.3) is 0 Å². The molecule has 1 aliphatic rings. The molecule has 0 aromatic heterocycles. The molecule has 0 aliphatic carbocycles. The molecule has 18 heavy (non-hydrogen) atoms. The maximum atomic E-state index is 12.0. The Balaban J connectivity index is 1.88. The van der Waals surface area contributed by atoms with Gasteiger partial charge in [-0.2, -0.15) is 0 Å². The molecule has 0 saturated carbocycles. The fourth-order valence-electron chi connectivity index (χ4n) is 2.10. The van der Waals surface area contributed by atoms with Crippen LogP contribution in [0, 0.1) is 0 Å². The first kappa shape index (κ1) is 12.9. The zero-order chi connectivity index (χ0) is 13.0. The predicted octanol–water partition coefficient (Wildman–Crippen LogP) is 1.88. The highest BCUT2D eigenvalue weighted by Crippen LogP contribution is 2.21. The first-order valence-electron chi connectivity index (χ1n) is 6.19. The van der Waals surface area contributed by atoms with Crippen molar-refractivity contribution in [1.29, 1.82) is 0 Å². The summed E-state index contributed by atoms with van der Waals surface area (Å²) in [4.78, 5) is 12.0. The Kier molecular flexibility index (Phi) is 3.87. The SMILES string of the molecule is COc1ccc(COC(=O)C2(C)CCCN2)cc1. The fraction of sp³-hybridized carbons (Fsp3) is 0.500. The first-order chi connectivity index (χ1) is 8.64. The maximum absolute atomic E-state index is 12.0. The quantitative estimate of drug-likeness (QED) is 0.828. The minimum atomic E-state index is -0.507. The molecule has 1 heterocycles. The molecule has 1 N–H and O–H groups in total. The highest BCUT2D eigenvalue weighted by molar-refractivity contribution is 5.80. The zero-order valence-electron chi connectivity index (χ0n) is 10.9. The molecule has 1 unspecified atom stereocenters. The van der Waals surface area contributed by atoms with Gasteiger partial charge in [-0.25, -0.2) is 0 Å². The number of hydrogen-bond acceptors (Lipinski definition) is 4.